The van der Waals surface area contributed by atoms with E-state index in [4.69, 9.17) is 4.74 Å². The summed E-state index contributed by atoms with van der Waals surface area (Å²) in [5.41, 5.74) is 1.65. The number of aryl methyl sites for hydroxylation is 1. The summed E-state index contributed by atoms with van der Waals surface area (Å²) in [6, 6.07) is 8.58. The predicted octanol–water partition coefficient (Wildman–Crippen LogP) is 2.06. The Balaban J connectivity index is 1.41. The molecule has 0 aliphatic rings. The fourth-order valence-corrected chi connectivity index (χ4v) is 3.03. The summed E-state index contributed by atoms with van der Waals surface area (Å²) in [5.74, 6) is 0.535. The number of amides is 1. The van der Waals surface area contributed by atoms with E-state index in [0.29, 0.717) is 34.9 Å². The number of hydrogen-bond donors (Lipinski definition) is 2. The van der Waals surface area contributed by atoms with E-state index in [9.17, 15) is 9.90 Å². The van der Waals surface area contributed by atoms with Gasteiger partial charge < -0.3 is 15.2 Å². The lowest BCUT2D eigenvalue weighted by atomic mass is 10.1. The van der Waals surface area contributed by atoms with Gasteiger partial charge in [-0.05, 0) is 36.2 Å². The van der Waals surface area contributed by atoms with Gasteiger partial charge in [0.15, 0.2) is 5.82 Å². The standard InChI is InChI=1S/C21H21N7O3/c1-31-19-12-15(6-9-22-19)17-14-26-28(21(17)30)18-5-4-16(13-24-18)20(29)23-7-2-10-27-11-3-8-25-27/h3-6,8-9,11-14,30H,2,7,10H2,1H3,(H,23,29). The normalized spacial score (nSPS) is 10.7. The van der Waals surface area contributed by atoms with E-state index in [2.05, 4.69) is 25.5 Å². The highest BCUT2D eigenvalue weighted by Crippen LogP contribution is 2.31. The monoisotopic (exact) mass is 419 g/mol. The summed E-state index contributed by atoms with van der Waals surface area (Å²) in [7, 11) is 1.52. The minimum Gasteiger partial charge on any atom is -0.493 e. The van der Waals surface area contributed by atoms with E-state index in [0.717, 1.165) is 13.0 Å². The van der Waals surface area contributed by atoms with Crippen LogP contribution in [0.4, 0.5) is 0 Å². The number of rotatable bonds is 8. The van der Waals surface area contributed by atoms with Crippen molar-refractivity contribution in [3.63, 3.8) is 0 Å². The number of aromatic hydroxyl groups is 1. The third kappa shape index (κ3) is 4.53. The van der Waals surface area contributed by atoms with Crippen LogP contribution in [0, 0.1) is 0 Å². The van der Waals surface area contributed by atoms with Gasteiger partial charge in [-0.25, -0.2) is 9.97 Å². The van der Waals surface area contributed by atoms with Crippen molar-refractivity contribution >= 4 is 5.91 Å². The highest BCUT2D eigenvalue weighted by atomic mass is 16.5. The highest BCUT2D eigenvalue weighted by molar-refractivity contribution is 5.93. The number of hydrogen-bond acceptors (Lipinski definition) is 7. The fraction of sp³-hybridized carbons (Fsp3) is 0.190. The van der Waals surface area contributed by atoms with Crippen LogP contribution >= 0.6 is 0 Å². The molecule has 4 heterocycles. The summed E-state index contributed by atoms with van der Waals surface area (Å²) in [6.07, 6.45) is 8.95. The molecule has 0 saturated carbocycles. The molecule has 2 N–H and O–H groups in total. The van der Waals surface area contributed by atoms with E-state index >= 15 is 0 Å². The second-order valence-electron chi connectivity index (χ2n) is 6.66. The SMILES string of the molecule is COc1cc(-c2cnn(-c3ccc(C(=O)NCCCn4cccn4)cn3)c2O)ccn1. The maximum Gasteiger partial charge on any atom is 0.252 e. The average Bonchev–Trinajstić information content (AvgIpc) is 3.46. The van der Waals surface area contributed by atoms with Crippen molar-refractivity contribution in [1.29, 1.82) is 0 Å². The molecule has 0 aliphatic heterocycles. The number of carbonyl (C=O) groups is 1. The average molecular weight is 419 g/mol. The Morgan fingerprint density at radius 1 is 1.16 bits per heavy atom. The molecular weight excluding hydrogens is 398 g/mol. The lowest BCUT2D eigenvalue weighted by Crippen LogP contribution is -2.25. The zero-order valence-electron chi connectivity index (χ0n) is 16.8. The van der Waals surface area contributed by atoms with E-state index in [-0.39, 0.29) is 11.8 Å². The van der Waals surface area contributed by atoms with Gasteiger partial charge in [0, 0.05) is 43.9 Å². The molecule has 0 radical (unpaired) electrons. The summed E-state index contributed by atoms with van der Waals surface area (Å²) < 4.78 is 8.24. The summed E-state index contributed by atoms with van der Waals surface area (Å²) in [5, 5.41) is 21.8. The Kier molecular flexibility index (Phi) is 5.88. The van der Waals surface area contributed by atoms with Gasteiger partial charge >= 0.3 is 0 Å². The van der Waals surface area contributed by atoms with Crippen molar-refractivity contribution in [2.45, 2.75) is 13.0 Å². The smallest absolute Gasteiger partial charge is 0.252 e. The number of pyridine rings is 2. The zero-order valence-corrected chi connectivity index (χ0v) is 16.8. The number of ether oxygens (including phenoxy) is 1. The van der Waals surface area contributed by atoms with Crippen molar-refractivity contribution in [2.75, 3.05) is 13.7 Å². The van der Waals surface area contributed by atoms with Crippen molar-refractivity contribution < 1.29 is 14.6 Å². The maximum atomic E-state index is 12.3. The highest BCUT2D eigenvalue weighted by Gasteiger charge is 2.15. The Morgan fingerprint density at radius 2 is 2.06 bits per heavy atom. The first-order chi connectivity index (χ1) is 15.2. The molecule has 0 bridgehead atoms. The number of methoxy groups -OCH3 is 1. The second kappa shape index (κ2) is 9.08. The van der Waals surface area contributed by atoms with Crippen LogP contribution in [-0.4, -0.2) is 54.2 Å². The second-order valence-corrected chi connectivity index (χ2v) is 6.66. The van der Waals surface area contributed by atoms with Crippen LogP contribution < -0.4 is 10.1 Å². The van der Waals surface area contributed by atoms with Crippen LogP contribution in [0.1, 0.15) is 16.8 Å². The quantitative estimate of drug-likeness (QED) is 0.420. The minimum atomic E-state index is -0.214. The Bertz CT molecular complexity index is 1150. The third-order valence-electron chi connectivity index (χ3n) is 4.63. The molecule has 0 atom stereocenters. The van der Waals surface area contributed by atoms with E-state index in [1.165, 1.54) is 24.2 Å². The van der Waals surface area contributed by atoms with Crippen molar-refractivity contribution in [1.82, 2.24) is 34.8 Å². The van der Waals surface area contributed by atoms with Crippen LogP contribution in [0.5, 0.6) is 11.8 Å². The van der Waals surface area contributed by atoms with E-state index in [1.807, 2.05) is 16.9 Å². The molecule has 0 aromatic carbocycles. The molecular formula is C21H21N7O3. The van der Waals surface area contributed by atoms with Gasteiger partial charge in [-0.3, -0.25) is 9.48 Å². The maximum absolute atomic E-state index is 12.3. The molecule has 4 aromatic rings. The number of nitrogens with one attached hydrogen (secondary N) is 1. The first-order valence-corrected chi connectivity index (χ1v) is 9.65. The Hall–Kier alpha value is -4.21. The first-order valence-electron chi connectivity index (χ1n) is 9.65. The topological polar surface area (TPSA) is 120 Å². The van der Waals surface area contributed by atoms with Crippen LogP contribution in [-0.2, 0) is 6.54 Å². The molecule has 31 heavy (non-hydrogen) atoms. The molecule has 0 saturated heterocycles. The molecule has 0 aliphatic carbocycles. The molecule has 10 nitrogen and oxygen atoms in total. The van der Waals surface area contributed by atoms with Gasteiger partial charge in [-0.15, -0.1) is 0 Å². The summed E-state index contributed by atoms with van der Waals surface area (Å²) in [4.78, 5) is 20.6. The Labute approximate surface area is 178 Å². The molecule has 0 fully saturated rings. The van der Waals surface area contributed by atoms with E-state index in [1.54, 1.807) is 36.7 Å². The molecule has 0 unspecified atom stereocenters. The number of carbonyl (C=O) groups excluding carboxylic acids is 1. The van der Waals surface area contributed by atoms with Crippen molar-refractivity contribution in [2.24, 2.45) is 0 Å². The van der Waals surface area contributed by atoms with Crippen molar-refractivity contribution in [3.8, 4) is 28.7 Å². The van der Waals surface area contributed by atoms with Crippen LogP contribution in [0.25, 0.3) is 16.9 Å². The van der Waals surface area contributed by atoms with Gasteiger partial charge in [-0.2, -0.15) is 14.9 Å². The van der Waals surface area contributed by atoms with Crippen LogP contribution in [0.15, 0.2) is 61.3 Å². The molecule has 10 heteroatoms. The number of aromatic nitrogens is 6. The predicted molar refractivity (Wildman–Crippen MR) is 112 cm³/mol. The van der Waals surface area contributed by atoms with Gasteiger partial charge in [0.2, 0.25) is 11.8 Å². The lowest BCUT2D eigenvalue weighted by Gasteiger charge is -2.07. The molecule has 158 valence electrons. The Morgan fingerprint density at radius 3 is 2.81 bits per heavy atom. The fourth-order valence-electron chi connectivity index (χ4n) is 3.03. The van der Waals surface area contributed by atoms with Gasteiger partial charge in [-0.1, -0.05) is 0 Å². The van der Waals surface area contributed by atoms with Crippen LogP contribution in [0.2, 0.25) is 0 Å². The minimum absolute atomic E-state index is 0.0726. The molecule has 1 amide bonds. The molecule has 4 rings (SSSR count). The molecule has 0 spiro atoms. The summed E-state index contributed by atoms with van der Waals surface area (Å²) in [6.45, 7) is 1.26. The van der Waals surface area contributed by atoms with Crippen LogP contribution in [0.3, 0.4) is 0 Å². The van der Waals surface area contributed by atoms with E-state index < -0.39 is 0 Å². The van der Waals surface area contributed by atoms with Gasteiger partial charge in [0.05, 0.1) is 24.4 Å². The summed E-state index contributed by atoms with van der Waals surface area (Å²) >= 11 is 0. The third-order valence-corrected chi connectivity index (χ3v) is 4.63. The zero-order chi connectivity index (χ0) is 21.6. The number of nitrogens with zero attached hydrogens (tertiary/aromatic N) is 6. The van der Waals surface area contributed by atoms with Gasteiger partial charge in [0.25, 0.3) is 5.91 Å². The largest absolute Gasteiger partial charge is 0.493 e. The molecule has 4 aromatic heterocycles. The van der Waals surface area contributed by atoms with Crippen molar-refractivity contribution in [3.05, 3.63) is 66.9 Å². The lowest BCUT2D eigenvalue weighted by molar-refractivity contribution is 0.0952. The van der Waals surface area contributed by atoms with Gasteiger partial charge in [0.1, 0.15) is 0 Å². The first kappa shape index (κ1) is 20.1.